The van der Waals surface area contributed by atoms with Gasteiger partial charge in [-0.2, -0.15) is 13.2 Å². The van der Waals surface area contributed by atoms with E-state index in [0.29, 0.717) is 16.9 Å². The molecule has 168 valence electrons. The van der Waals surface area contributed by atoms with E-state index in [0.717, 1.165) is 29.0 Å². The number of hydrogen-bond donors (Lipinski definition) is 2. The molecule has 0 aliphatic rings. The van der Waals surface area contributed by atoms with Crippen LogP contribution in [0, 0.1) is 12.7 Å². The summed E-state index contributed by atoms with van der Waals surface area (Å²) in [5, 5.41) is 8.09. The van der Waals surface area contributed by atoms with Gasteiger partial charge in [0.15, 0.2) is 5.13 Å². The number of alkyl halides is 3. The van der Waals surface area contributed by atoms with Gasteiger partial charge in [-0.1, -0.05) is 12.1 Å². The Morgan fingerprint density at radius 2 is 1.91 bits per heavy atom. The quantitative estimate of drug-likeness (QED) is 0.319. The van der Waals surface area contributed by atoms with Crippen LogP contribution in [0.2, 0.25) is 0 Å². The Balaban J connectivity index is 1.54. The second-order valence-electron chi connectivity index (χ2n) is 7.05. The lowest BCUT2D eigenvalue weighted by molar-refractivity contribution is -0.140. The molecule has 0 radical (unpaired) electrons. The monoisotopic (exact) mass is 472 g/mol. The largest absolute Gasteiger partial charge is 0.419 e. The van der Waals surface area contributed by atoms with Crippen molar-refractivity contribution in [3.63, 3.8) is 0 Å². The van der Waals surface area contributed by atoms with E-state index in [4.69, 9.17) is 0 Å². The van der Waals surface area contributed by atoms with E-state index in [-0.39, 0.29) is 5.69 Å². The summed E-state index contributed by atoms with van der Waals surface area (Å²) < 4.78 is 53.1. The number of carbonyl (C=O) groups is 1. The number of rotatable bonds is 5. The van der Waals surface area contributed by atoms with Crippen molar-refractivity contribution in [2.45, 2.75) is 13.1 Å². The van der Waals surface area contributed by atoms with Gasteiger partial charge in [0.05, 0.1) is 16.8 Å². The number of anilines is 3. The van der Waals surface area contributed by atoms with Gasteiger partial charge in [-0.15, -0.1) is 11.3 Å². The third kappa shape index (κ3) is 5.01. The SMILES string of the molecule is Cc1ccc(NC(=O)c2cccc(C(F)(F)F)c2F)cc1Nc1nc(-c2cccnc2)cs1. The zero-order valence-electron chi connectivity index (χ0n) is 17.1. The predicted octanol–water partition coefficient (Wildman–Crippen LogP) is 6.67. The predicted molar refractivity (Wildman–Crippen MR) is 119 cm³/mol. The van der Waals surface area contributed by atoms with Crippen LogP contribution in [0.5, 0.6) is 0 Å². The van der Waals surface area contributed by atoms with Crippen LogP contribution in [0.4, 0.5) is 34.1 Å². The Morgan fingerprint density at radius 1 is 1.09 bits per heavy atom. The van der Waals surface area contributed by atoms with E-state index in [9.17, 15) is 22.4 Å². The molecule has 0 aliphatic heterocycles. The van der Waals surface area contributed by atoms with E-state index in [1.807, 2.05) is 24.4 Å². The first kappa shape index (κ1) is 22.4. The van der Waals surface area contributed by atoms with Crippen molar-refractivity contribution in [1.82, 2.24) is 9.97 Å². The molecule has 2 heterocycles. The number of aryl methyl sites for hydroxylation is 1. The molecule has 0 saturated heterocycles. The molecule has 2 aromatic carbocycles. The molecule has 0 saturated carbocycles. The number of thiazole rings is 1. The van der Waals surface area contributed by atoms with Gasteiger partial charge in [0.2, 0.25) is 0 Å². The highest BCUT2D eigenvalue weighted by molar-refractivity contribution is 7.14. The van der Waals surface area contributed by atoms with Gasteiger partial charge in [0.1, 0.15) is 5.82 Å². The average molecular weight is 472 g/mol. The van der Waals surface area contributed by atoms with Crippen LogP contribution >= 0.6 is 11.3 Å². The number of nitrogens with zero attached hydrogens (tertiary/aromatic N) is 2. The van der Waals surface area contributed by atoms with Gasteiger partial charge in [-0.05, 0) is 48.9 Å². The number of nitrogens with one attached hydrogen (secondary N) is 2. The maximum Gasteiger partial charge on any atom is 0.419 e. The molecule has 0 bridgehead atoms. The molecule has 4 aromatic rings. The van der Waals surface area contributed by atoms with Crippen LogP contribution in [0.3, 0.4) is 0 Å². The van der Waals surface area contributed by atoms with Gasteiger partial charge >= 0.3 is 6.18 Å². The second kappa shape index (κ2) is 8.99. The number of benzene rings is 2. The number of carbonyl (C=O) groups excluding carboxylic acids is 1. The smallest absolute Gasteiger partial charge is 0.331 e. The first-order valence-corrected chi connectivity index (χ1v) is 10.5. The van der Waals surface area contributed by atoms with Crippen molar-refractivity contribution >= 4 is 33.8 Å². The molecule has 0 spiro atoms. The van der Waals surface area contributed by atoms with Gasteiger partial charge in [0, 0.05) is 34.7 Å². The highest BCUT2D eigenvalue weighted by Crippen LogP contribution is 2.33. The molecular formula is C23H16F4N4OS. The normalized spacial score (nSPS) is 11.3. The third-order valence-corrected chi connectivity index (χ3v) is 5.50. The Bertz CT molecular complexity index is 1310. The van der Waals surface area contributed by atoms with Crippen LogP contribution in [-0.4, -0.2) is 15.9 Å². The van der Waals surface area contributed by atoms with Crippen LogP contribution < -0.4 is 10.6 Å². The lowest BCUT2D eigenvalue weighted by Crippen LogP contribution is -2.17. The first-order valence-electron chi connectivity index (χ1n) is 9.63. The summed E-state index contributed by atoms with van der Waals surface area (Å²) in [4.78, 5) is 21.1. The lowest BCUT2D eigenvalue weighted by atomic mass is 10.1. The Morgan fingerprint density at radius 3 is 2.64 bits per heavy atom. The minimum atomic E-state index is -4.90. The Labute approximate surface area is 190 Å². The molecule has 2 aromatic heterocycles. The molecule has 33 heavy (non-hydrogen) atoms. The zero-order valence-corrected chi connectivity index (χ0v) is 17.9. The summed E-state index contributed by atoms with van der Waals surface area (Å²) >= 11 is 1.38. The van der Waals surface area contributed by atoms with Gasteiger partial charge < -0.3 is 10.6 Å². The molecule has 0 atom stereocenters. The molecule has 0 fully saturated rings. The summed E-state index contributed by atoms with van der Waals surface area (Å²) in [5.41, 5.74) is 1.19. The number of pyridine rings is 1. The minimum Gasteiger partial charge on any atom is -0.331 e. The molecule has 4 rings (SSSR count). The summed E-state index contributed by atoms with van der Waals surface area (Å²) in [5.74, 6) is -2.60. The molecule has 0 aliphatic carbocycles. The van der Waals surface area contributed by atoms with E-state index in [2.05, 4.69) is 20.6 Å². The molecule has 5 nitrogen and oxygen atoms in total. The van der Waals surface area contributed by atoms with Crippen LogP contribution in [-0.2, 0) is 6.18 Å². The van der Waals surface area contributed by atoms with Crippen LogP contribution in [0.15, 0.2) is 66.3 Å². The van der Waals surface area contributed by atoms with Gasteiger partial charge in [-0.3, -0.25) is 9.78 Å². The third-order valence-electron chi connectivity index (χ3n) is 4.75. The van der Waals surface area contributed by atoms with E-state index in [1.165, 1.54) is 11.3 Å². The molecular weight excluding hydrogens is 456 g/mol. The molecule has 2 N–H and O–H groups in total. The minimum absolute atomic E-state index is 0.286. The lowest BCUT2D eigenvalue weighted by Gasteiger charge is -2.13. The fourth-order valence-electron chi connectivity index (χ4n) is 3.05. The topological polar surface area (TPSA) is 66.9 Å². The van der Waals surface area contributed by atoms with Crippen molar-refractivity contribution in [2.75, 3.05) is 10.6 Å². The molecule has 1 amide bonds. The molecule has 0 unspecified atom stereocenters. The van der Waals surface area contributed by atoms with Crippen molar-refractivity contribution in [3.8, 4) is 11.3 Å². The fraction of sp³-hybridized carbons (Fsp3) is 0.0870. The van der Waals surface area contributed by atoms with Crippen molar-refractivity contribution in [1.29, 1.82) is 0 Å². The molecule has 10 heteroatoms. The highest BCUT2D eigenvalue weighted by atomic mass is 32.1. The number of aromatic nitrogens is 2. The number of halogens is 4. The van der Waals surface area contributed by atoms with Crippen LogP contribution in [0.1, 0.15) is 21.5 Å². The first-order chi connectivity index (χ1) is 15.7. The second-order valence-corrected chi connectivity index (χ2v) is 7.91. The summed E-state index contributed by atoms with van der Waals surface area (Å²) in [6.45, 7) is 1.84. The van der Waals surface area contributed by atoms with E-state index in [1.54, 1.807) is 30.6 Å². The maximum absolute atomic E-state index is 14.3. The standard InChI is InChI=1S/C23H16F4N4OS/c1-13-7-8-15(29-21(32)16-5-2-6-17(20(16)24)23(25,26)27)10-18(13)30-22-31-19(12-33-22)14-4-3-9-28-11-14/h2-12H,1H3,(H,29,32)(H,30,31). The van der Waals surface area contributed by atoms with Gasteiger partial charge in [0.25, 0.3) is 5.91 Å². The van der Waals surface area contributed by atoms with Crippen LogP contribution in [0.25, 0.3) is 11.3 Å². The Hall–Kier alpha value is -3.79. The van der Waals surface area contributed by atoms with Crippen molar-refractivity contribution < 1.29 is 22.4 Å². The number of hydrogen-bond acceptors (Lipinski definition) is 5. The summed E-state index contributed by atoms with van der Waals surface area (Å²) in [6, 6.07) is 11.2. The average Bonchev–Trinajstić information content (AvgIpc) is 3.24. The Kier molecular flexibility index (Phi) is 6.10. The highest BCUT2D eigenvalue weighted by Gasteiger charge is 2.35. The maximum atomic E-state index is 14.3. The number of amides is 1. The zero-order chi connectivity index (χ0) is 23.6. The fourth-order valence-corrected chi connectivity index (χ4v) is 3.78. The van der Waals surface area contributed by atoms with E-state index >= 15 is 0 Å². The van der Waals surface area contributed by atoms with Crippen molar-refractivity contribution in [2.24, 2.45) is 0 Å². The van der Waals surface area contributed by atoms with Gasteiger partial charge in [-0.25, -0.2) is 9.37 Å². The van der Waals surface area contributed by atoms with E-state index < -0.39 is 29.0 Å². The van der Waals surface area contributed by atoms with Crippen molar-refractivity contribution in [3.05, 3.63) is 88.8 Å². The summed E-state index contributed by atoms with van der Waals surface area (Å²) in [7, 11) is 0. The summed E-state index contributed by atoms with van der Waals surface area (Å²) in [6.07, 6.45) is -1.53.